The Morgan fingerprint density at radius 2 is 1.30 bits per heavy atom. The Labute approximate surface area is 187 Å². The predicted octanol–water partition coefficient (Wildman–Crippen LogP) is 7.56. The Balaban J connectivity index is 1.79. The Bertz CT molecular complexity index is 1190. The topological polar surface area (TPSA) is 0 Å². The third kappa shape index (κ3) is 6.38. The molecule has 0 saturated heterocycles. The first-order valence-electron chi connectivity index (χ1n) is 10.2. The summed E-state index contributed by atoms with van der Waals surface area (Å²) in [5.41, 5.74) is 0.621. The van der Waals surface area contributed by atoms with E-state index < -0.39 is 29.2 Å². The molecule has 0 aromatic heterocycles. The molecule has 33 heavy (non-hydrogen) atoms. The summed E-state index contributed by atoms with van der Waals surface area (Å²) >= 11 is 0. The van der Waals surface area contributed by atoms with E-state index >= 15 is 0 Å². The molecule has 0 spiro atoms. The van der Waals surface area contributed by atoms with Crippen LogP contribution in [0.25, 0.3) is 11.1 Å². The van der Waals surface area contributed by atoms with Crippen molar-refractivity contribution in [1.82, 2.24) is 0 Å². The van der Waals surface area contributed by atoms with Crippen molar-refractivity contribution in [2.24, 2.45) is 0 Å². The first-order valence-corrected chi connectivity index (χ1v) is 10.2. The van der Waals surface area contributed by atoms with Gasteiger partial charge >= 0.3 is 6.18 Å². The fourth-order valence-electron chi connectivity index (χ4n) is 3.45. The molecule has 0 radical (unpaired) electrons. The lowest BCUT2D eigenvalue weighted by Crippen LogP contribution is -2.02. The van der Waals surface area contributed by atoms with Crippen molar-refractivity contribution in [1.29, 1.82) is 0 Å². The molecule has 0 amide bonds. The van der Waals surface area contributed by atoms with Gasteiger partial charge in [-0.2, -0.15) is 13.2 Å². The molecule has 0 unspecified atom stereocenters. The molecular formula is C26H19F7. The smallest absolute Gasteiger partial charge is 0.207 e. The molecule has 0 heterocycles. The molecule has 7 heteroatoms. The number of alkyl halides is 3. The summed E-state index contributed by atoms with van der Waals surface area (Å²) in [7, 11) is 0. The molecule has 3 aromatic rings. The summed E-state index contributed by atoms with van der Waals surface area (Å²) in [4.78, 5) is 0. The molecule has 0 nitrogen and oxygen atoms in total. The summed E-state index contributed by atoms with van der Waals surface area (Å²) in [5, 5.41) is 0. The van der Waals surface area contributed by atoms with Crippen LogP contribution >= 0.6 is 0 Å². The maximum Gasteiger partial charge on any atom is 0.458 e. The van der Waals surface area contributed by atoms with Crippen molar-refractivity contribution < 1.29 is 30.7 Å². The van der Waals surface area contributed by atoms with Crippen LogP contribution in [0, 0.1) is 35.1 Å². The predicted molar refractivity (Wildman–Crippen MR) is 112 cm³/mol. The second-order valence-corrected chi connectivity index (χ2v) is 7.55. The van der Waals surface area contributed by atoms with Crippen molar-refractivity contribution >= 4 is 0 Å². The van der Waals surface area contributed by atoms with Gasteiger partial charge in [0.25, 0.3) is 0 Å². The van der Waals surface area contributed by atoms with Gasteiger partial charge < -0.3 is 0 Å². The van der Waals surface area contributed by atoms with Gasteiger partial charge in [-0.3, -0.25) is 0 Å². The van der Waals surface area contributed by atoms with Crippen LogP contribution in [0.3, 0.4) is 0 Å². The van der Waals surface area contributed by atoms with E-state index in [1.165, 1.54) is 24.1 Å². The van der Waals surface area contributed by atoms with Crippen LogP contribution in [0.4, 0.5) is 30.7 Å². The normalized spacial score (nSPS) is 11.3. The first kappa shape index (κ1) is 24.4. The summed E-state index contributed by atoms with van der Waals surface area (Å²) in [6.07, 6.45) is -2.54. The highest BCUT2D eigenvalue weighted by Gasteiger charge is 2.24. The highest BCUT2D eigenvalue weighted by Crippen LogP contribution is 2.28. The number of aryl methyl sites for hydroxylation is 3. The van der Waals surface area contributed by atoms with Gasteiger partial charge in [0.1, 0.15) is 23.3 Å². The van der Waals surface area contributed by atoms with E-state index in [1.54, 1.807) is 12.1 Å². The minimum absolute atomic E-state index is 0.123. The third-order valence-electron chi connectivity index (χ3n) is 5.06. The van der Waals surface area contributed by atoms with E-state index in [-0.39, 0.29) is 16.9 Å². The zero-order valence-corrected chi connectivity index (χ0v) is 17.6. The van der Waals surface area contributed by atoms with Crippen LogP contribution in [-0.4, -0.2) is 6.18 Å². The Kier molecular flexibility index (Phi) is 7.47. The zero-order valence-electron chi connectivity index (χ0n) is 17.6. The van der Waals surface area contributed by atoms with Crippen molar-refractivity contribution in [2.45, 2.75) is 38.8 Å². The van der Waals surface area contributed by atoms with Gasteiger partial charge in [-0.05, 0) is 65.8 Å². The Morgan fingerprint density at radius 1 is 0.697 bits per heavy atom. The van der Waals surface area contributed by atoms with E-state index in [0.29, 0.717) is 24.0 Å². The lowest BCUT2D eigenvalue weighted by molar-refractivity contribution is -0.0696. The SMILES string of the molecule is CCCc1ccc(CCc2ccc(-c3cc(F)c(C#CC(F)(F)F)c(F)c3)c(F)c2)c(F)c1. The molecule has 3 aromatic carbocycles. The molecule has 0 aliphatic carbocycles. The summed E-state index contributed by atoms with van der Waals surface area (Å²) in [6.45, 7) is 2.00. The molecular weight excluding hydrogens is 445 g/mol. The van der Waals surface area contributed by atoms with Gasteiger partial charge in [-0.15, -0.1) is 0 Å². The van der Waals surface area contributed by atoms with Gasteiger partial charge in [0.15, 0.2) is 0 Å². The van der Waals surface area contributed by atoms with Crippen molar-refractivity contribution in [3.63, 3.8) is 0 Å². The van der Waals surface area contributed by atoms with E-state index in [9.17, 15) is 30.7 Å². The van der Waals surface area contributed by atoms with Gasteiger partial charge in [-0.25, -0.2) is 17.6 Å². The van der Waals surface area contributed by atoms with Gasteiger partial charge in [0.2, 0.25) is 0 Å². The average Bonchev–Trinajstić information content (AvgIpc) is 2.72. The summed E-state index contributed by atoms with van der Waals surface area (Å²) in [5.74, 6) is -1.51. The van der Waals surface area contributed by atoms with Crippen LogP contribution in [0.15, 0.2) is 48.5 Å². The number of rotatable bonds is 6. The number of benzene rings is 3. The highest BCUT2D eigenvalue weighted by atomic mass is 19.4. The molecule has 0 atom stereocenters. The van der Waals surface area contributed by atoms with E-state index in [2.05, 4.69) is 0 Å². The second-order valence-electron chi connectivity index (χ2n) is 7.55. The van der Waals surface area contributed by atoms with E-state index in [1.807, 2.05) is 13.0 Å². The maximum absolute atomic E-state index is 14.7. The molecule has 0 fully saturated rings. The molecule has 3 rings (SSSR count). The molecule has 172 valence electrons. The van der Waals surface area contributed by atoms with Gasteiger partial charge in [-0.1, -0.05) is 43.5 Å². The quantitative estimate of drug-likeness (QED) is 0.261. The van der Waals surface area contributed by atoms with Crippen LogP contribution in [-0.2, 0) is 19.3 Å². The lowest BCUT2D eigenvalue weighted by atomic mass is 9.98. The lowest BCUT2D eigenvalue weighted by Gasteiger charge is -2.09. The van der Waals surface area contributed by atoms with Gasteiger partial charge in [0.05, 0.1) is 5.56 Å². The standard InChI is InChI=1S/C26H19F7/c1-2-3-16-4-7-18(22(27)12-16)8-5-17-6-9-20(23(28)13-17)19-14-24(29)21(25(30)15-19)10-11-26(31,32)33/h4,6-7,9,12-15H,2-3,5,8H2,1H3. The monoisotopic (exact) mass is 464 g/mol. The number of hydrogen-bond acceptors (Lipinski definition) is 0. The second kappa shape index (κ2) is 10.1. The van der Waals surface area contributed by atoms with Crippen molar-refractivity contribution in [3.8, 4) is 23.0 Å². The minimum Gasteiger partial charge on any atom is -0.207 e. The maximum atomic E-state index is 14.7. The van der Waals surface area contributed by atoms with E-state index in [0.717, 1.165) is 36.5 Å². The molecule has 0 saturated carbocycles. The third-order valence-corrected chi connectivity index (χ3v) is 5.06. The van der Waals surface area contributed by atoms with Crippen LogP contribution in [0.5, 0.6) is 0 Å². The fourth-order valence-corrected chi connectivity index (χ4v) is 3.45. The molecule has 0 bridgehead atoms. The number of halogens is 7. The average molecular weight is 464 g/mol. The molecule has 0 aliphatic rings. The van der Waals surface area contributed by atoms with Crippen LogP contribution in [0.2, 0.25) is 0 Å². The van der Waals surface area contributed by atoms with Crippen LogP contribution < -0.4 is 0 Å². The van der Waals surface area contributed by atoms with Gasteiger partial charge in [0, 0.05) is 11.5 Å². The van der Waals surface area contributed by atoms with E-state index in [4.69, 9.17) is 0 Å². The Hall–Kier alpha value is -3.27. The zero-order chi connectivity index (χ0) is 24.2. The summed E-state index contributed by atoms with van der Waals surface area (Å²) in [6, 6.07) is 10.6. The molecule has 0 aliphatic heterocycles. The van der Waals surface area contributed by atoms with Crippen LogP contribution in [0.1, 0.15) is 35.6 Å². The van der Waals surface area contributed by atoms with Crippen molar-refractivity contribution in [3.05, 3.63) is 94.1 Å². The van der Waals surface area contributed by atoms with Crippen molar-refractivity contribution in [2.75, 3.05) is 0 Å². The summed E-state index contributed by atoms with van der Waals surface area (Å²) < 4.78 is 93.8. The Morgan fingerprint density at radius 3 is 1.88 bits per heavy atom. The first-order chi connectivity index (χ1) is 15.6. The fraction of sp³-hybridized carbons (Fsp3) is 0.231. The molecule has 0 N–H and O–H groups in total. The largest absolute Gasteiger partial charge is 0.458 e. The number of hydrogen-bond donors (Lipinski definition) is 0. The highest BCUT2D eigenvalue weighted by molar-refractivity contribution is 5.66. The minimum atomic E-state index is -4.90.